The third-order valence-electron chi connectivity index (χ3n) is 3.69. The highest BCUT2D eigenvalue weighted by Gasteiger charge is 2.35. The number of sulfonamides is 1. The van der Waals surface area contributed by atoms with Crippen LogP contribution < -0.4 is 4.31 Å². The van der Waals surface area contributed by atoms with Gasteiger partial charge in [-0.25, -0.2) is 13.2 Å². The van der Waals surface area contributed by atoms with E-state index in [0.717, 1.165) is 9.87 Å². The molecule has 2 rings (SSSR count). The van der Waals surface area contributed by atoms with Crippen LogP contribution in [-0.4, -0.2) is 20.1 Å². The van der Waals surface area contributed by atoms with Crippen molar-refractivity contribution in [1.82, 2.24) is 0 Å². The molecule has 5 nitrogen and oxygen atoms in total. The first-order valence-electron chi connectivity index (χ1n) is 8.60. The van der Waals surface area contributed by atoms with Gasteiger partial charge in [-0.3, -0.25) is 0 Å². The highest BCUT2D eigenvalue weighted by Crippen LogP contribution is 2.30. The van der Waals surface area contributed by atoms with Crippen LogP contribution in [0.15, 0.2) is 66.1 Å². The number of rotatable bonds is 5. The zero-order valence-corrected chi connectivity index (χ0v) is 16.9. The van der Waals surface area contributed by atoms with E-state index in [0.29, 0.717) is 12.0 Å². The smallest absolute Gasteiger partial charge is 0.429 e. The molecule has 144 valence electrons. The Hall–Kier alpha value is -2.60. The average Bonchev–Trinajstić information content (AvgIpc) is 2.55. The van der Waals surface area contributed by atoms with Gasteiger partial charge in [0.15, 0.2) is 0 Å². The lowest BCUT2D eigenvalue weighted by atomic mass is 10.1. The molecule has 27 heavy (non-hydrogen) atoms. The molecule has 0 atom stereocenters. The van der Waals surface area contributed by atoms with Gasteiger partial charge in [0.1, 0.15) is 5.60 Å². The Bertz CT molecular complexity index is 925. The van der Waals surface area contributed by atoms with Crippen molar-refractivity contribution in [2.24, 2.45) is 0 Å². The maximum absolute atomic E-state index is 13.3. The number of carbonyl (C=O) groups is 1. The fourth-order valence-corrected chi connectivity index (χ4v) is 3.84. The van der Waals surface area contributed by atoms with Crippen LogP contribution >= 0.6 is 0 Å². The monoisotopic (exact) mass is 387 g/mol. The van der Waals surface area contributed by atoms with Crippen LogP contribution in [0.1, 0.15) is 31.9 Å². The predicted octanol–water partition coefficient (Wildman–Crippen LogP) is 4.85. The molecule has 2 aromatic carbocycles. The van der Waals surface area contributed by atoms with Crippen LogP contribution in [0.5, 0.6) is 0 Å². The summed E-state index contributed by atoms with van der Waals surface area (Å²) >= 11 is 0. The zero-order valence-electron chi connectivity index (χ0n) is 16.1. The van der Waals surface area contributed by atoms with E-state index in [9.17, 15) is 13.2 Å². The van der Waals surface area contributed by atoms with Crippen molar-refractivity contribution >= 4 is 21.8 Å². The lowest BCUT2D eigenvalue weighted by Gasteiger charge is -2.28. The number of anilines is 1. The number of amides is 1. The van der Waals surface area contributed by atoms with Gasteiger partial charge in [-0.15, -0.1) is 6.58 Å². The summed E-state index contributed by atoms with van der Waals surface area (Å²) in [5, 5.41) is 0. The first-order valence-corrected chi connectivity index (χ1v) is 10.0. The normalized spacial score (nSPS) is 11.7. The summed E-state index contributed by atoms with van der Waals surface area (Å²) < 4.78 is 32.8. The topological polar surface area (TPSA) is 63.7 Å². The highest BCUT2D eigenvalue weighted by atomic mass is 32.2. The van der Waals surface area contributed by atoms with E-state index >= 15 is 0 Å². The largest absolute Gasteiger partial charge is 0.443 e. The second kappa shape index (κ2) is 7.96. The molecule has 0 aromatic heterocycles. The van der Waals surface area contributed by atoms with Gasteiger partial charge in [0.25, 0.3) is 10.0 Å². The standard InChI is InChI=1S/C21H25NO4S/c1-6-9-17-10-7-8-11-19(17)22(20(23)26-21(3,4)5)27(24,25)18-14-12-16(2)13-15-18/h6-8,10-15H,1,9H2,2-5H3. The van der Waals surface area contributed by atoms with Gasteiger partial charge in [-0.2, -0.15) is 4.31 Å². The predicted molar refractivity (Wildman–Crippen MR) is 107 cm³/mol. The second-order valence-corrected chi connectivity index (χ2v) is 8.97. The molecule has 0 bridgehead atoms. The molecule has 0 aliphatic heterocycles. The molecule has 0 N–H and O–H groups in total. The van der Waals surface area contributed by atoms with Gasteiger partial charge in [-0.1, -0.05) is 42.0 Å². The molecule has 2 aromatic rings. The second-order valence-electron chi connectivity index (χ2n) is 7.18. The maximum Gasteiger partial charge on any atom is 0.429 e. The van der Waals surface area contributed by atoms with Crippen molar-refractivity contribution in [3.8, 4) is 0 Å². The number of carbonyl (C=O) groups excluding carboxylic acids is 1. The fraction of sp³-hybridized carbons (Fsp3) is 0.286. The summed E-state index contributed by atoms with van der Waals surface area (Å²) in [5.41, 5.74) is 0.997. The molecule has 0 saturated carbocycles. The van der Waals surface area contributed by atoms with E-state index in [2.05, 4.69) is 6.58 Å². The number of hydrogen-bond donors (Lipinski definition) is 0. The zero-order chi connectivity index (χ0) is 20.2. The minimum atomic E-state index is -4.16. The summed E-state index contributed by atoms with van der Waals surface area (Å²) in [6, 6.07) is 13.2. The first kappa shape index (κ1) is 20.7. The van der Waals surface area contributed by atoms with Gasteiger partial charge in [0.05, 0.1) is 10.6 Å². The van der Waals surface area contributed by atoms with E-state index in [1.165, 1.54) is 12.1 Å². The molecule has 0 heterocycles. The summed E-state index contributed by atoms with van der Waals surface area (Å²) in [6.07, 6.45) is 1.13. The Morgan fingerprint density at radius 1 is 1.11 bits per heavy atom. The molecule has 0 aliphatic rings. The third kappa shape index (κ3) is 4.98. The number of hydrogen-bond acceptors (Lipinski definition) is 4. The first-order chi connectivity index (χ1) is 12.6. The highest BCUT2D eigenvalue weighted by molar-refractivity contribution is 7.93. The van der Waals surface area contributed by atoms with Crippen molar-refractivity contribution in [3.63, 3.8) is 0 Å². The van der Waals surface area contributed by atoms with Gasteiger partial charge in [0, 0.05) is 0 Å². The summed E-state index contributed by atoms with van der Waals surface area (Å²) in [5.74, 6) is 0. The average molecular weight is 388 g/mol. The number of allylic oxidation sites excluding steroid dienone is 1. The Labute approximate surface area is 161 Å². The molecule has 0 saturated heterocycles. The minimum absolute atomic E-state index is 0.0207. The molecule has 6 heteroatoms. The Balaban J connectivity index is 2.65. The van der Waals surface area contributed by atoms with Crippen LogP contribution in [0.25, 0.3) is 0 Å². The number of aryl methyl sites for hydroxylation is 1. The van der Waals surface area contributed by atoms with Gasteiger partial charge in [0.2, 0.25) is 0 Å². The van der Waals surface area contributed by atoms with Crippen LogP contribution in [0.2, 0.25) is 0 Å². The molecule has 0 radical (unpaired) electrons. The Morgan fingerprint density at radius 3 is 2.26 bits per heavy atom. The summed E-state index contributed by atoms with van der Waals surface area (Å²) in [7, 11) is -4.16. The van der Waals surface area contributed by atoms with E-state index < -0.39 is 21.7 Å². The Morgan fingerprint density at radius 2 is 1.70 bits per heavy atom. The number of benzene rings is 2. The molecule has 0 aliphatic carbocycles. The van der Waals surface area contributed by atoms with Gasteiger partial charge >= 0.3 is 6.09 Å². The van der Waals surface area contributed by atoms with Crippen molar-refractivity contribution in [2.45, 2.75) is 44.6 Å². The van der Waals surface area contributed by atoms with Crippen LogP contribution in [-0.2, 0) is 21.2 Å². The van der Waals surface area contributed by atoms with Crippen LogP contribution in [0, 0.1) is 6.92 Å². The summed E-state index contributed by atoms with van der Waals surface area (Å²) in [6.45, 7) is 10.6. The minimum Gasteiger partial charge on any atom is -0.443 e. The molecule has 0 unspecified atom stereocenters. The van der Waals surface area contributed by atoms with E-state index in [1.807, 2.05) is 6.92 Å². The Kier molecular flexibility index (Phi) is 6.11. The number of para-hydroxylation sites is 1. The van der Waals surface area contributed by atoms with Crippen LogP contribution in [0.4, 0.5) is 10.5 Å². The SMILES string of the molecule is C=CCc1ccccc1N(C(=O)OC(C)(C)C)S(=O)(=O)c1ccc(C)cc1. The van der Waals surface area contributed by atoms with E-state index in [4.69, 9.17) is 4.74 Å². The number of nitrogens with zero attached hydrogens (tertiary/aromatic N) is 1. The lowest BCUT2D eigenvalue weighted by Crippen LogP contribution is -2.41. The number of ether oxygens (including phenoxy) is 1. The lowest BCUT2D eigenvalue weighted by molar-refractivity contribution is 0.0608. The van der Waals surface area contributed by atoms with Gasteiger partial charge in [-0.05, 0) is 57.9 Å². The van der Waals surface area contributed by atoms with Crippen LogP contribution in [0.3, 0.4) is 0 Å². The van der Waals surface area contributed by atoms with Crippen molar-refractivity contribution in [3.05, 3.63) is 72.3 Å². The third-order valence-corrected chi connectivity index (χ3v) is 5.39. The van der Waals surface area contributed by atoms with Crippen molar-refractivity contribution < 1.29 is 17.9 Å². The van der Waals surface area contributed by atoms with Crippen molar-refractivity contribution in [2.75, 3.05) is 4.31 Å². The van der Waals surface area contributed by atoms with Crippen molar-refractivity contribution in [1.29, 1.82) is 0 Å². The molecule has 0 fully saturated rings. The molecular formula is C21H25NO4S. The van der Waals surface area contributed by atoms with Gasteiger partial charge < -0.3 is 4.74 Å². The fourth-order valence-electron chi connectivity index (χ4n) is 2.48. The molecule has 0 spiro atoms. The quantitative estimate of drug-likeness (QED) is 0.688. The molecular weight excluding hydrogens is 362 g/mol. The molecule has 1 amide bonds. The maximum atomic E-state index is 13.3. The van der Waals surface area contributed by atoms with E-state index in [1.54, 1.807) is 63.2 Å². The van der Waals surface area contributed by atoms with E-state index in [-0.39, 0.29) is 10.6 Å². The summed E-state index contributed by atoms with van der Waals surface area (Å²) in [4.78, 5) is 12.9.